The van der Waals surface area contributed by atoms with Gasteiger partial charge in [0.05, 0.1) is 18.8 Å². The smallest absolute Gasteiger partial charge is 0.158 e. The van der Waals surface area contributed by atoms with Crippen molar-refractivity contribution in [2.45, 2.75) is 150 Å². The van der Waals surface area contributed by atoms with E-state index in [9.17, 15) is 9.59 Å². The Balaban J connectivity index is 0. The van der Waals surface area contributed by atoms with Gasteiger partial charge in [-0.15, -0.1) is 12.8 Å². The van der Waals surface area contributed by atoms with Crippen LogP contribution >= 0.6 is 0 Å². The van der Waals surface area contributed by atoms with Gasteiger partial charge in [-0.1, -0.05) is 64.0 Å². The number of terminal acetylenes is 1. The summed E-state index contributed by atoms with van der Waals surface area (Å²) in [6.45, 7) is 18.1. The number of ketones is 1. The van der Waals surface area contributed by atoms with Gasteiger partial charge in [-0.2, -0.15) is 0 Å². The minimum absolute atomic E-state index is 0.0768. The van der Waals surface area contributed by atoms with Crippen LogP contribution in [0.2, 0.25) is 0 Å². The van der Waals surface area contributed by atoms with Crippen molar-refractivity contribution in [3.8, 4) is 12.8 Å². The first-order chi connectivity index (χ1) is 25.0. The highest BCUT2D eigenvalue weighted by Gasteiger charge is 2.26. The highest BCUT2D eigenvalue weighted by molar-refractivity contribution is 5.91. The second kappa shape index (κ2) is 32.3. The van der Waals surface area contributed by atoms with Crippen molar-refractivity contribution >= 4 is 12.1 Å². The first-order valence-electron chi connectivity index (χ1n) is 19.7. The molecule has 0 aromatic carbocycles. The lowest BCUT2D eigenvalue weighted by Crippen LogP contribution is -2.37. The average Bonchev–Trinajstić information content (AvgIpc) is 3.15. The van der Waals surface area contributed by atoms with Gasteiger partial charge >= 0.3 is 0 Å². The molecule has 0 bridgehead atoms. The summed E-state index contributed by atoms with van der Waals surface area (Å²) >= 11 is 0. The molecule has 1 saturated carbocycles. The summed E-state index contributed by atoms with van der Waals surface area (Å²) in [6, 6.07) is 0.670. The molecule has 0 spiro atoms. The predicted molar refractivity (Wildman–Crippen MR) is 217 cm³/mol. The molecule has 3 aliphatic rings. The number of ether oxygens (including phenoxy) is 3. The molecule has 0 aromatic rings. The Labute approximate surface area is 319 Å². The van der Waals surface area contributed by atoms with E-state index in [0.29, 0.717) is 37.0 Å². The van der Waals surface area contributed by atoms with Crippen LogP contribution in [0.15, 0.2) is 36.0 Å². The van der Waals surface area contributed by atoms with Gasteiger partial charge in [0.1, 0.15) is 6.29 Å². The monoisotopic (exact) mass is 734 g/mol. The van der Waals surface area contributed by atoms with Crippen LogP contribution in [0.25, 0.3) is 0 Å². The Morgan fingerprint density at radius 1 is 0.981 bits per heavy atom. The number of carbonyl (C=O) groups is 2. The summed E-state index contributed by atoms with van der Waals surface area (Å²) in [5.74, 6) is 2.34. The van der Waals surface area contributed by atoms with E-state index in [1.807, 2.05) is 27.2 Å². The number of hydrogen-bond donors (Lipinski definition) is 3. The molecule has 0 radical (unpaired) electrons. The zero-order chi connectivity index (χ0) is 40.1. The summed E-state index contributed by atoms with van der Waals surface area (Å²) in [7, 11) is 5.85. The SMILES string of the molecule is C#C.C=C1CC[C@H](C)C[C@@H](CC=O)C[C@@H](C)C(=O)/C=C/C(C)=C/[C@H](COC2CCC[C@@H](C)O2)[C@@H](CC)C1.CN[C@H]1C[C@@H](C)C[C@@H](OC)C1.CO.CO. The largest absolute Gasteiger partial charge is 0.400 e. The Kier molecular flexibility index (Phi) is 32.3. The molecule has 3 rings (SSSR count). The molecule has 1 aliphatic heterocycles. The van der Waals surface area contributed by atoms with Crippen LogP contribution in [0.1, 0.15) is 125 Å². The molecule has 10 atom stereocenters. The number of allylic oxidation sites excluding steroid dienone is 4. The Hall–Kier alpha value is -2.12. The fourth-order valence-corrected chi connectivity index (χ4v) is 7.62. The minimum atomic E-state index is -0.119. The summed E-state index contributed by atoms with van der Waals surface area (Å²) in [6.07, 6.45) is 28.9. The third-order valence-electron chi connectivity index (χ3n) is 10.5. The zero-order valence-electron chi connectivity index (χ0n) is 34.8. The number of aliphatic hydroxyl groups is 2. The fourth-order valence-electron chi connectivity index (χ4n) is 7.62. The van der Waals surface area contributed by atoms with E-state index < -0.39 is 0 Å². The first kappa shape index (κ1) is 52.0. The van der Waals surface area contributed by atoms with Crippen LogP contribution in [0.4, 0.5) is 0 Å². The van der Waals surface area contributed by atoms with E-state index >= 15 is 0 Å². The van der Waals surface area contributed by atoms with Crippen LogP contribution < -0.4 is 5.32 Å². The van der Waals surface area contributed by atoms with E-state index in [-0.39, 0.29) is 35.9 Å². The molecular formula is C44H79NO7. The molecule has 302 valence electrons. The number of carbonyl (C=O) groups excluding carboxylic acids is 2. The van der Waals surface area contributed by atoms with Crippen molar-refractivity contribution in [3.05, 3.63) is 36.0 Å². The third-order valence-corrected chi connectivity index (χ3v) is 10.5. The van der Waals surface area contributed by atoms with Gasteiger partial charge in [-0.05, 0) is 121 Å². The molecule has 2 aliphatic carbocycles. The number of nitrogens with one attached hydrogen (secondary N) is 1. The number of hydrogen-bond acceptors (Lipinski definition) is 8. The highest BCUT2D eigenvalue weighted by atomic mass is 16.7. The van der Waals surface area contributed by atoms with Crippen LogP contribution in [0.3, 0.4) is 0 Å². The van der Waals surface area contributed by atoms with Gasteiger partial charge < -0.3 is 34.5 Å². The van der Waals surface area contributed by atoms with Gasteiger partial charge in [0, 0.05) is 45.6 Å². The standard InChI is InChI=1S/C31H50O4.C9H19NO.C2H2.2CH4O/c1-7-28-18-23(3)12-11-22(2)17-27(15-16-32)20-25(5)30(33)14-13-24(4)19-29(28)21-34-31-10-8-9-26(6)35-31;1-7-4-8(10-2)6-9(5-7)11-3;3*1-2/h13-14,16,19,22,25-29,31H,3,7-12,15,17-18,20-21H2,1-2,4-6H3;7-10H,4-6H2,1-3H3;1-2H;2*2H,1H3/b14-13+,24-19+;;;;/t22-,25+,26+,27+,28-,29+,31?;7-,8+,9-;;;/m01.../s1. The van der Waals surface area contributed by atoms with Crippen molar-refractivity contribution < 1.29 is 34.0 Å². The summed E-state index contributed by atoms with van der Waals surface area (Å²) in [4.78, 5) is 24.1. The topological polar surface area (TPSA) is 114 Å². The molecule has 0 amide bonds. The molecule has 3 N–H and O–H groups in total. The number of aliphatic hydroxyl groups excluding tert-OH is 2. The van der Waals surface area contributed by atoms with Crippen molar-refractivity contribution in [3.63, 3.8) is 0 Å². The number of rotatable bonds is 8. The summed E-state index contributed by atoms with van der Waals surface area (Å²) < 4.78 is 17.7. The maximum Gasteiger partial charge on any atom is 0.158 e. The van der Waals surface area contributed by atoms with Crippen LogP contribution in [-0.4, -0.2) is 81.8 Å². The van der Waals surface area contributed by atoms with Crippen molar-refractivity contribution in [1.82, 2.24) is 5.32 Å². The Morgan fingerprint density at radius 2 is 1.65 bits per heavy atom. The van der Waals surface area contributed by atoms with E-state index in [2.05, 4.69) is 65.4 Å². The average molecular weight is 734 g/mol. The summed E-state index contributed by atoms with van der Waals surface area (Å²) in [5.41, 5.74) is 2.40. The van der Waals surface area contributed by atoms with Crippen molar-refractivity contribution in [2.75, 3.05) is 35.0 Å². The van der Waals surface area contributed by atoms with E-state index in [4.69, 9.17) is 24.4 Å². The lowest BCUT2D eigenvalue weighted by molar-refractivity contribution is -0.194. The second-order valence-electron chi connectivity index (χ2n) is 15.0. The van der Waals surface area contributed by atoms with Crippen LogP contribution in [0, 0.1) is 48.4 Å². The van der Waals surface area contributed by atoms with Crippen molar-refractivity contribution in [1.29, 1.82) is 0 Å². The maximum atomic E-state index is 12.8. The normalized spacial score (nSPS) is 33.3. The lowest BCUT2D eigenvalue weighted by atomic mass is 9.80. The quantitative estimate of drug-likeness (QED) is 0.129. The highest BCUT2D eigenvalue weighted by Crippen LogP contribution is 2.32. The third kappa shape index (κ3) is 22.8. The minimum Gasteiger partial charge on any atom is -0.400 e. The first-order valence-corrected chi connectivity index (χ1v) is 19.7. The van der Waals surface area contributed by atoms with Gasteiger partial charge in [0.25, 0.3) is 0 Å². The van der Waals surface area contributed by atoms with E-state index in [1.165, 1.54) is 24.8 Å². The fraction of sp³-hybridized carbons (Fsp3) is 0.773. The molecule has 1 saturated heterocycles. The van der Waals surface area contributed by atoms with Gasteiger partial charge in [-0.25, -0.2) is 0 Å². The van der Waals surface area contributed by atoms with Gasteiger partial charge in [0.2, 0.25) is 0 Å². The molecule has 8 nitrogen and oxygen atoms in total. The molecule has 1 heterocycles. The lowest BCUT2D eigenvalue weighted by Gasteiger charge is -2.32. The van der Waals surface area contributed by atoms with Crippen LogP contribution in [-0.2, 0) is 23.8 Å². The molecule has 8 heteroatoms. The maximum absolute atomic E-state index is 12.8. The molecule has 0 aromatic heterocycles. The molecular weight excluding hydrogens is 654 g/mol. The Bertz CT molecular complexity index is 996. The van der Waals surface area contributed by atoms with Crippen LogP contribution in [0.5, 0.6) is 0 Å². The molecule has 52 heavy (non-hydrogen) atoms. The number of aldehydes is 1. The zero-order valence-corrected chi connectivity index (χ0v) is 34.8. The molecule has 1 unspecified atom stereocenters. The number of methoxy groups -OCH3 is 1. The van der Waals surface area contributed by atoms with Crippen molar-refractivity contribution in [2.24, 2.45) is 35.5 Å². The molecule has 2 fully saturated rings. The second-order valence-corrected chi connectivity index (χ2v) is 15.0. The predicted octanol–water partition coefficient (Wildman–Crippen LogP) is 8.51. The van der Waals surface area contributed by atoms with E-state index in [1.54, 1.807) is 6.08 Å². The van der Waals surface area contributed by atoms with E-state index in [0.717, 1.165) is 89.8 Å². The van der Waals surface area contributed by atoms with Gasteiger partial charge in [0.15, 0.2) is 12.1 Å². The van der Waals surface area contributed by atoms with Gasteiger partial charge in [-0.3, -0.25) is 4.79 Å². The summed E-state index contributed by atoms with van der Waals surface area (Å²) in [5, 5.41) is 17.3. The Morgan fingerprint density at radius 3 is 2.23 bits per heavy atom.